The number of thioether (sulfide) groups is 2. The van der Waals surface area contributed by atoms with Crippen LogP contribution in [0.1, 0.15) is 25.3 Å². The average molecular weight is 411 g/mol. The molecule has 5 heteroatoms. The summed E-state index contributed by atoms with van der Waals surface area (Å²) in [5.41, 5.74) is 1.44. The quantitative estimate of drug-likeness (QED) is 0.627. The molecule has 1 aliphatic heterocycles. The Balaban J connectivity index is 1.71. The maximum Gasteiger partial charge on any atom is 0.0945 e. The Morgan fingerprint density at radius 1 is 1.26 bits per heavy atom. The molecular weight excluding hydrogens is 388 g/mol. The first kappa shape index (κ1) is 17.4. The van der Waals surface area contributed by atoms with Gasteiger partial charge in [0.15, 0.2) is 0 Å². The van der Waals surface area contributed by atoms with Crippen LogP contribution < -0.4 is 0 Å². The molecule has 0 unspecified atom stereocenters. The third-order valence-corrected chi connectivity index (χ3v) is 8.70. The van der Waals surface area contributed by atoms with Crippen LogP contribution in [0.3, 0.4) is 0 Å². The molecule has 0 bridgehead atoms. The van der Waals surface area contributed by atoms with Crippen LogP contribution in [0.5, 0.6) is 0 Å². The van der Waals surface area contributed by atoms with Crippen LogP contribution in [0.4, 0.5) is 0 Å². The Kier molecular flexibility index (Phi) is 6.16. The van der Waals surface area contributed by atoms with Gasteiger partial charge >= 0.3 is 0 Å². The highest BCUT2D eigenvalue weighted by Gasteiger charge is 2.36. The molecule has 0 saturated carbocycles. The third-order valence-electron chi connectivity index (χ3n) is 4.44. The molecule has 0 aliphatic carbocycles. The van der Waals surface area contributed by atoms with Gasteiger partial charge < -0.3 is 4.57 Å². The van der Waals surface area contributed by atoms with Gasteiger partial charge in [-0.15, -0.1) is 23.5 Å². The van der Waals surface area contributed by atoms with E-state index >= 15 is 0 Å². The lowest BCUT2D eigenvalue weighted by molar-refractivity contribution is 0.575. The van der Waals surface area contributed by atoms with Gasteiger partial charge in [-0.25, -0.2) is 4.98 Å². The summed E-state index contributed by atoms with van der Waals surface area (Å²) in [5.74, 6) is 3.46. The van der Waals surface area contributed by atoms with Gasteiger partial charge in [0.25, 0.3) is 0 Å². The van der Waals surface area contributed by atoms with Crippen molar-refractivity contribution in [2.45, 2.75) is 36.8 Å². The van der Waals surface area contributed by atoms with Crippen LogP contribution in [-0.4, -0.2) is 25.1 Å². The molecule has 23 heavy (non-hydrogen) atoms. The summed E-state index contributed by atoms with van der Waals surface area (Å²) in [4.78, 5) is 4.17. The number of benzene rings is 1. The molecule has 2 nitrogen and oxygen atoms in total. The van der Waals surface area contributed by atoms with E-state index in [4.69, 9.17) is 0 Å². The second-order valence-corrected chi connectivity index (χ2v) is 10.1. The number of nitrogens with zero attached hydrogens (tertiary/aromatic N) is 2. The standard InChI is InChI=1S/C18H23BrN2S2/c1-2-15-12-22-18(23-13-15,7-9-21-10-8-20-14-21)11-16-3-5-17(19)6-4-16/h3-6,8,10,14-15H,2,7,9,11-13H2,1H3. The molecule has 2 aromatic rings. The van der Waals surface area contributed by atoms with E-state index in [1.807, 2.05) is 12.5 Å². The molecule has 1 fully saturated rings. The molecule has 3 rings (SSSR count). The van der Waals surface area contributed by atoms with Crippen molar-refractivity contribution < 1.29 is 0 Å². The third kappa shape index (κ3) is 4.80. The van der Waals surface area contributed by atoms with E-state index < -0.39 is 0 Å². The van der Waals surface area contributed by atoms with Crippen molar-refractivity contribution in [2.75, 3.05) is 11.5 Å². The Bertz CT molecular complexity index is 590. The molecule has 0 radical (unpaired) electrons. The van der Waals surface area contributed by atoms with Gasteiger partial charge in [0.1, 0.15) is 0 Å². The minimum absolute atomic E-state index is 0.295. The largest absolute Gasteiger partial charge is 0.337 e. The van der Waals surface area contributed by atoms with Crippen molar-refractivity contribution >= 4 is 39.5 Å². The number of rotatable bonds is 6. The summed E-state index contributed by atoms with van der Waals surface area (Å²) in [6, 6.07) is 8.84. The number of hydrogen-bond acceptors (Lipinski definition) is 3. The lowest BCUT2D eigenvalue weighted by Crippen LogP contribution is -2.32. The van der Waals surface area contributed by atoms with E-state index in [0.29, 0.717) is 4.08 Å². The Hall–Kier alpha value is -0.390. The number of hydrogen-bond donors (Lipinski definition) is 0. The Morgan fingerprint density at radius 2 is 2.00 bits per heavy atom. The van der Waals surface area contributed by atoms with E-state index in [1.54, 1.807) is 0 Å². The van der Waals surface area contributed by atoms with Gasteiger partial charge in [-0.05, 0) is 48.0 Å². The lowest BCUT2D eigenvalue weighted by atomic mass is 10.1. The first-order chi connectivity index (χ1) is 11.2. The van der Waals surface area contributed by atoms with Gasteiger partial charge in [0.2, 0.25) is 0 Å². The maximum atomic E-state index is 4.17. The summed E-state index contributed by atoms with van der Waals surface area (Å²) in [6.45, 7) is 3.37. The van der Waals surface area contributed by atoms with Crippen molar-refractivity contribution in [3.63, 3.8) is 0 Å². The van der Waals surface area contributed by atoms with Crippen LogP contribution >= 0.6 is 39.5 Å². The summed E-state index contributed by atoms with van der Waals surface area (Å²) < 4.78 is 3.66. The highest BCUT2D eigenvalue weighted by atomic mass is 79.9. The Labute approximate surface area is 156 Å². The van der Waals surface area contributed by atoms with Crippen LogP contribution in [-0.2, 0) is 13.0 Å². The topological polar surface area (TPSA) is 17.8 Å². The predicted molar refractivity (Wildman–Crippen MR) is 106 cm³/mol. The minimum Gasteiger partial charge on any atom is -0.337 e. The monoisotopic (exact) mass is 410 g/mol. The molecule has 124 valence electrons. The summed E-state index contributed by atoms with van der Waals surface area (Å²) in [6.07, 6.45) is 9.50. The molecule has 1 aromatic heterocycles. The molecule has 0 spiro atoms. The smallest absolute Gasteiger partial charge is 0.0945 e. The number of aromatic nitrogens is 2. The van der Waals surface area contributed by atoms with E-state index in [9.17, 15) is 0 Å². The van der Waals surface area contributed by atoms with E-state index in [1.165, 1.54) is 29.9 Å². The zero-order chi connectivity index (χ0) is 16.1. The van der Waals surface area contributed by atoms with Crippen molar-refractivity contribution in [3.05, 3.63) is 53.0 Å². The minimum atomic E-state index is 0.295. The lowest BCUT2D eigenvalue weighted by Gasteiger charge is -2.39. The normalized spacial score (nSPS) is 24.7. The predicted octanol–water partition coefficient (Wildman–Crippen LogP) is 5.48. The second-order valence-electron chi connectivity index (χ2n) is 6.16. The molecule has 2 heterocycles. The summed E-state index contributed by atoms with van der Waals surface area (Å²) in [7, 11) is 0. The molecule has 1 aromatic carbocycles. The van der Waals surface area contributed by atoms with Crippen LogP contribution in [0.25, 0.3) is 0 Å². The fraction of sp³-hybridized carbons (Fsp3) is 0.500. The highest BCUT2D eigenvalue weighted by Crippen LogP contribution is 2.49. The second kappa shape index (κ2) is 8.13. The molecule has 0 N–H and O–H groups in total. The van der Waals surface area contributed by atoms with E-state index in [0.717, 1.165) is 23.4 Å². The van der Waals surface area contributed by atoms with Crippen molar-refractivity contribution in [2.24, 2.45) is 5.92 Å². The van der Waals surface area contributed by atoms with Gasteiger partial charge in [0.05, 0.1) is 10.4 Å². The fourth-order valence-corrected chi connectivity index (χ4v) is 6.78. The first-order valence-corrected chi connectivity index (χ1v) is 10.9. The highest BCUT2D eigenvalue weighted by molar-refractivity contribution is 9.10. The van der Waals surface area contributed by atoms with Gasteiger partial charge in [-0.1, -0.05) is 41.4 Å². The Morgan fingerprint density at radius 3 is 2.61 bits per heavy atom. The van der Waals surface area contributed by atoms with E-state index in [-0.39, 0.29) is 0 Å². The van der Waals surface area contributed by atoms with E-state index in [2.05, 4.69) is 86.4 Å². The molecule has 1 aliphatic rings. The molecule has 0 amide bonds. The molecular formula is C18H23BrN2S2. The van der Waals surface area contributed by atoms with Gasteiger partial charge in [-0.3, -0.25) is 0 Å². The number of aryl methyl sites for hydroxylation is 1. The zero-order valence-corrected chi connectivity index (χ0v) is 16.7. The van der Waals surface area contributed by atoms with Gasteiger partial charge in [0, 0.05) is 23.4 Å². The average Bonchev–Trinajstić information content (AvgIpc) is 3.10. The molecule has 1 saturated heterocycles. The SMILES string of the molecule is CCC1CSC(CCn2ccnc2)(Cc2ccc(Br)cc2)SC1. The maximum absolute atomic E-state index is 4.17. The number of halogens is 1. The van der Waals surface area contributed by atoms with Crippen molar-refractivity contribution in [1.29, 1.82) is 0 Å². The van der Waals surface area contributed by atoms with Crippen LogP contribution in [0.2, 0.25) is 0 Å². The zero-order valence-electron chi connectivity index (χ0n) is 13.5. The van der Waals surface area contributed by atoms with Crippen molar-refractivity contribution in [3.8, 4) is 0 Å². The first-order valence-electron chi connectivity index (χ1n) is 8.17. The van der Waals surface area contributed by atoms with Crippen molar-refractivity contribution in [1.82, 2.24) is 9.55 Å². The molecule has 0 atom stereocenters. The summed E-state index contributed by atoms with van der Waals surface area (Å²) in [5, 5.41) is 0. The summed E-state index contributed by atoms with van der Waals surface area (Å²) >= 11 is 7.90. The van der Waals surface area contributed by atoms with Gasteiger partial charge in [-0.2, -0.15) is 0 Å². The fourth-order valence-electron chi connectivity index (χ4n) is 2.83. The van der Waals surface area contributed by atoms with Crippen LogP contribution in [0.15, 0.2) is 47.5 Å². The number of imidazole rings is 1. The van der Waals surface area contributed by atoms with Crippen LogP contribution in [0, 0.1) is 5.92 Å².